The van der Waals surface area contributed by atoms with E-state index in [1.165, 1.54) is 20.0 Å². The summed E-state index contributed by atoms with van der Waals surface area (Å²) in [6, 6.07) is 0. The smallest absolute Gasteiger partial charge is 0.310 e. The molecule has 2 atom stereocenters. The maximum atomic E-state index is 11.2. The highest BCUT2D eigenvalue weighted by molar-refractivity contribution is 5.78. The van der Waals surface area contributed by atoms with E-state index in [-0.39, 0.29) is 17.4 Å². The molecule has 1 spiro atoms. The summed E-state index contributed by atoms with van der Waals surface area (Å²) in [7, 11) is 1.47. The molecule has 0 aromatic carbocycles. The molecule has 3 heteroatoms. The number of hydrogen-bond acceptors (Lipinski definition) is 3. The molecule has 68 valence electrons. The average Bonchev–Trinajstić information content (AvgIpc) is 2.80. The number of hydrogen-bond donors (Lipinski definition) is 1. The van der Waals surface area contributed by atoms with Gasteiger partial charge in [0.25, 0.3) is 0 Å². The van der Waals surface area contributed by atoms with E-state index in [0.717, 1.165) is 19.4 Å². The number of carbonyl (C=O) groups is 1. The summed E-state index contributed by atoms with van der Waals surface area (Å²) in [5.41, 5.74) is 0.144. The van der Waals surface area contributed by atoms with Crippen molar-refractivity contribution < 1.29 is 9.53 Å². The molecule has 1 aliphatic heterocycles. The first kappa shape index (κ1) is 8.05. The third kappa shape index (κ3) is 1.12. The topological polar surface area (TPSA) is 38.3 Å². The predicted molar refractivity (Wildman–Crippen MR) is 44.7 cm³/mol. The highest BCUT2D eigenvalue weighted by atomic mass is 16.5. The number of ether oxygens (including phenoxy) is 1. The highest BCUT2D eigenvalue weighted by Gasteiger charge is 2.58. The van der Waals surface area contributed by atoms with Crippen molar-refractivity contribution in [1.29, 1.82) is 0 Å². The third-order valence-electron chi connectivity index (χ3n) is 3.09. The molecule has 3 nitrogen and oxygen atoms in total. The normalized spacial score (nSPS) is 39.6. The molecule has 0 amide bonds. The summed E-state index contributed by atoms with van der Waals surface area (Å²) in [5.74, 6) is 0.104. The van der Waals surface area contributed by atoms with Crippen molar-refractivity contribution in [3.63, 3.8) is 0 Å². The lowest BCUT2D eigenvalue weighted by atomic mass is 10.0. The molecule has 0 bridgehead atoms. The second-order valence-corrected chi connectivity index (χ2v) is 3.82. The van der Waals surface area contributed by atoms with Crippen LogP contribution in [0.4, 0.5) is 0 Å². The first-order valence-electron chi connectivity index (χ1n) is 4.61. The van der Waals surface area contributed by atoms with E-state index in [4.69, 9.17) is 4.74 Å². The lowest BCUT2D eigenvalue weighted by Crippen LogP contribution is -2.39. The zero-order valence-electron chi connectivity index (χ0n) is 7.43. The Bertz CT molecular complexity index is 197. The summed E-state index contributed by atoms with van der Waals surface area (Å²) in [4.78, 5) is 11.2. The van der Waals surface area contributed by atoms with Gasteiger partial charge in [0.15, 0.2) is 0 Å². The second-order valence-electron chi connectivity index (χ2n) is 3.82. The first-order valence-corrected chi connectivity index (χ1v) is 4.61. The van der Waals surface area contributed by atoms with Crippen LogP contribution in [0.15, 0.2) is 0 Å². The summed E-state index contributed by atoms with van der Waals surface area (Å²) >= 11 is 0. The Morgan fingerprint density at radius 1 is 1.58 bits per heavy atom. The number of carbonyl (C=O) groups excluding carboxylic acids is 1. The zero-order chi connectivity index (χ0) is 8.60. The molecule has 2 fully saturated rings. The summed E-state index contributed by atoms with van der Waals surface area (Å²) in [6.45, 7) is 1.06. The Hall–Kier alpha value is -0.570. The Morgan fingerprint density at radius 3 is 3.00 bits per heavy atom. The molecule has 0 aromatic rings. The van der Waals surface area contributed by atoms with Gasteiger partial charge in [-0.15, -0.1) is 0 Å². The van der Waals surface area contributed by atoms with Gasteiger partial charge < -0.3 is 10.1 Å². The van der Waals surface area contributed by atoms with Gasteiger partial charge in [-0.2, -0.15) is 0 Å². The lowest BCUT2D eigenvalue weighted by Gasteiger charge is -2.23. The van der Waals surface area contributed by atoms with Crippen LogP contribution in [0, 0.1) is 5.92 Å². The monoisotopic (exact) mass is 169 g/mol. The van der Waals surface area contributed by atoms with Crippen LogP contribution in [0.5, 0.6) is 0 Å². The van der Waals surface area contributed by atoms with Crippen molar-refractivity contribution in [3.8, 4) is 0 Å². The van der Waals surface area contributed by atoms with Gasteiger partial charge in [0.05, 0.1) is 13.0 Å². The molecule has 1 N–H and O–H groups in total. The number of esters is 1. The van der Waals surface area contributed by atoms with Gasteiger partial charge in [0, 0.05) is 5.54 Å². The Labute approximate surface area is 72.5 Å². The van der Waals surface area contributed by atoms with Gasteiger partial charge in [-0.1, -0.05) is 6.42 Å². The maximum absolute atomic E-state index is 11.2. The van der Waals surface area contributed by atoms with Crippen LogP contribution in [-0.2, 0) is 9.53 Å². The quantitative estimate of drug-likeness (QED) is 0.587. The number of nitrogens with one attached hydrogen (secondary N) is 1. The van der Waals surface area contributed by atoms with Crippen LogP contribution in [0.2, 0.25) is 0 Å². The van der Waals surface area contributed by atoms with E-state index >= 15 is 0 Å². The summed E-state index contributed by atoms with van der Waals surface area (Å²) < 4.78 is 4.72. The van der Waals surface area contributed by atoms with Crippen molar-refractivity contribution in [1.82, 2.24) is 5.32 Å². The molecule has 12 heavy (non-hydrogen) atoms. The van der Waals surface area contributed by atoms with Gasteiger partial charge in [0.2, 0.25) is 0 Å². The molecule has 2 aliphatic rings. The van der Waals surface area contributed by atoms with Crippen LogP contribution in [0.3, 0.4) is 0 Å². The van der Waals surface area contributed by atoms with Crippen molar-refractivity contribution in [2.24, 2.45) is 5.92 Å². The SMILES string of the molecule is COC(=O)C1CC12CCCCN2. The maximum Gasteiger partial charge on any atom is 0.310 e. The molecule has 0 aromatic heterocycles. The molecule has 1 heterocycles. The van der Waals surface area contributed by atoms with E-state index in [9.17, 15) is 4.79 Å². The van der Waals surface area contributed by atoms with Crippen molar-refractivity contribution in [3.05, 3.63) is 0 Å². The molecule has 1 aliphatic carbocycles. The number of methoxy groups -OCH3 is 1. The molecule has 1 saturated carbocycles. The van der Waals surface area contributed by atoms with Crippen LogP contribution in [0.1, 0.15) is 25.7 Å². The fraction of sp³-hybridized carbons (Fsp3) is 0.889. The minimum atomic E-state index is -0.0376. The Morgan fingerprint density at radius 2 is 2.42 bits per heavy atom. The average molecular weight is 169 g/mol. The van der Waals surface area contributed by atoms with E-state index < -0.39 is 0 Å². The van der Waals surface area contributed by atoms with Crippen molar-refractivity contribution >= 4 is 5.97 Å². The van der Waals surface area contributed by atoms with Gasteiger partial charge in [-0.05, 0) is 25.8 Å². The summed E-state index contributed by atoms with van der Waals surface area (Å²) in [5, 5.41) is 3.43. The van der Waals surface area contributed by atoms with Gasteiger partial charge in [0.1, 0.15) is 0 Å². The van der Waals surface area contributed by atoms with Crippen LogP contribution in [-0.4, -0.2) is 25.2 Å². The first-order chi connectivity index (χ1) is 5.78. The number of piperidine rings is 1. The predicted octanol–water partition coefficient (Wildman–Crippen LogP) is 0.692. The van der Waals surface area contributed by atoms with Gasteiger partial charge >= 0.3 is 5.97 Å². The molecule has 2 unspecified atom stereocenters. The van der Waals surface area contributed by atoms with Gasteiger partial charge in [-0.25, -0.2) is 0 Å². The second kappa shape index (κ2) is 2.73. The number of rotatable bonds is 1. The van der Waals surface area contributed by atoms with E-state index in [2.05, 4.69) is 5.32 Å². The Balaban J connectivity index is 1.95. The minimum absolute atomic E-state index is 0.0376. The van der Waals surface area contributed by atoms with Gasteiger partial charge in [-0.3, -0.25) is 4.79 Å². The minimum Gasteiger partial charge on any atom is -0.469 e. The largest absolute Gasteiger partial charge is 0.469 e. The highest BCUT2D eigenvalue weighted by Crippen LogP contribution is 2.49. The fourth-order valence-corrected chi connectivity index (χ4v) is 2.22. The van der Waals surface area contributed by atoms with E-state index in [1.807, 2.05) is 0 Å². The van der Waals surface area contributed by atoms with Crippen LogP contribution in [0.25, 0.3) is 0 Å². The summed E-state index contributed by atoms with van der Waals surface area (Å²) in [6.07, 6.45) is 4.63. The fourth-order valence-electron chi connectivity index (χ4n) is 2.22. The molecular formula is C9H15NO2. The third-order valence-corrected chi connectivity index (χ3v) is 3.09. The van der Waals surface area contributed by atoms with Crippen molar-refractivity contribution in [2.45, 2.75) is 31.2 Å². The van der Waals surface area contributed by atoms with Crippen LogP contribution >= 0.6 is 0 Å². The van der Waals surface area contributed by atoms with E-state index in [1.54, 1.807) is 0 Å². The van der Waals surface area contributed by atoms with Crippen molar-refractivity contribution in [2.75, 3.05) is 13.7 Å². The zero-order valence-corrected chi connectivity index (χ0v) is 7.43. The lowest BCUT2D eigenvalue weighted by molar-refractivity contribution is -0.142. The standard InChI is InChI=1S/C9H15NO2/c1-12-8(11)7-6-9(7)4-2-3-5-10-9/h7,10H,2-6H2,1H3. The molecule has 0 radical (unpaired) electrons. The molecular weight excluding hydrogens is 154 g/mol. The molecule has 1 saturated heterocycles. The molecule has 2 rings (SSSR count). The van der Waals surface area contributed by atoms with Crippen LogP contribution < -0.4 is 5.32 Å². The Kier molecular flexibility index (Phi) is 1.83. The van der Waals surface area contributed by atoms with E-state index in [0.29, 0.717) is 0 Å².